The molecule has 3 atom stereocenters. The van der Waals surface area contributed by atoms with Crippen LogP contribution in [0.5, 0.6) is 5.75 Å². The van der Waals surface area contributed by atoms with Gasteiger partial charge in [-0.25, -0.2) is 8.78 Å². The van der Waals surface area contributed by atoms with Crippen molar-refractivity contribution in [2.45, 2.75) is 31.2 Å². The van der Waals surface area contributed by atoms with Gasteiger partial charge in [0.2, 0.25) is 0 Å². The first-order valence-electron chi connectivity index (χ1n) is 8.13. The van der Waals surface area contributed by atoms with Crippen LogP contribution in [-0.4, -0.2) is 34.4 Å². The molecule has 1 amide bonds. The topological polar surface area (TPSA) is 105 Å². The van der Waals surface area contributed by atoms with Crippen molar-refractivity contribution in [1.82, 2.24) is 0 Å². The highest BCUT2D eigenvalue weighted by molar-refractivity contribution is 14.1. The molecule has 1 aliphatic carbocycles. The van der Waals surface area contributed by atoms with E-state index in [-0.39, 0.29) is 35.5 Å². The molecule has 1 saturated carbocycles. The molecule has 5 N–H and O–H groups in total. The molecule has 2 aromatic rings. The summed E-state index contributed by atoms with van der Waals surface area (Å²) in [4.78, 5) is 12.0. The molecule has 0 radical (unpaired) electrons. The molecule has 2 aromatic carbocycles. The Bertz CT molecular complexity index is 871. The number of aliphatic hydroxyl groups is 2. The first-order valence-corrected chi connectivity index (χ1v) is 9.20. The monoisotopic (exact) mass is 490 g/mol. The zero-order valence-electron chi connectivity index (χ0n) is 14.0. The van der Waals surface area contributed by atoms with Crippen LogP contribution in [0.1, 0.15) is 23.2 Å². The minimum Gasteiger partial charge on any atom is -0.489 e. The van der Waals surface area contributed by atoms with Gasteiger partial charge in [-0.15, -0.1) is 0 Å². The van der Waals surface area contributed by atoms with Crippen molar-refractivity contribution in [1.29, 1.82) is 0 Å². The summed E-state index contributed by atoms with van der Waals surface area (Å²) in [5.41, 5.74) is 5.29. The largest absolute Gasteiger partial charge is 0.489 e. The Labute approximate surface area is 167 Å². The maximum Gasteiger partial charge on any atom is 0.254 e. The predicted molar refractivity (Wildman–Crippen MR) is 103 cm³/mol. The minimum absolute atomic E-state index is 0.0428. The number of ether oxygens (including phenoxy) is 1. The number of carbonyl (C=O) groups is 1. The lowest BCUT2D eigenvalue weighted by molar-refractivity contribution is 0.0438. The molecular weight excluding hydrogens is 473 g/mol. The molecule has 9 heteroatoms. The molecule has 0 spiro atoms. The van der Waals surface area contributed by atoms with E-state index in [0.717, 1.165) is 12.1 Å². The van der Waals surface area contributed by atoms with Crippen LogP contribution in [0.2, 0.25) is 0 Å². The predicted octanol–water partition coefficient (Wildman–Crippen LogP) is 2.67. The molecule has 27 heavy (non-hydrogen) atoms. The number of nitrogens with one attached hydrogen (secondary N) is 1. The smallest absolute Gasteiger partial charge is 0.254 e. The van der Waals surface area contributed by atoms with E-state index in [0.29, 0.717) is 3.57 Å². The van der Waals surface area contributed by atoms with Crippen LogP contribution in [0.3, 0.4) is 0 Å². The molecule has 0 unspecified atom stereocenters. The Morgan fingerprint density at radius 1 is 1.15 bits per heavy atom. The third kappa shape index (κ3) is 4.47. The standard InChI is InChI=1S/C18H17F2IN2O4/c19-8-3-13(23-12-2-1-9(21)5-11(12)20)17(18(22)26)16(4-8)27-10-6-14(24)15(25)7-10/h1-5,10,14-15,23-25H,6-7H2,(H2,22,26)/t10-,14-,15+. The molecule has 3 rings (SSSR count). The molecule has 0 heterocycles. The van der Waals surface area contributed by atoms with Gasteiger partial charge in [0.1, 0.15) is 29.1 Å². The van der Waals surface area contributed by atoms with Gasteiger partial charge in [-0.1, -0.05) is 0 Å². The van der Waals surface area contributed by atoms with E-state index in [1.165, 1.54) is 12.1 Å². The molecule has 0 aromatic heterocycles. The Kier molecular flexibility index (Phi) is 5.82. The van der Waals surface area contributed by atoms with Gasteiger partial charge in [0, 0.05) is 22.5 Å². The highest BCUT2D eigenvalue weighted by Gasteiger charge is 2.34. The van der Waals surface area contributed by atoms with Gasteiger partial charge in [0.05, 0.1) is 23.6 Å². The van der Waals surface area contributed by atoms with Gasteiger partial charge in [0.25, 0.3) is 5.91 Å². The number of anilines is 2. The van der Waals surface area contributed by atoms with Crippen LogP contribution in [-0.2, 0) is 0 Å². The number of amides is 1. The van der Waals surface area contributed by atoms with Gasteiger partial charge in [-0.2, -0.15) is 0 Å². The summed E-state index contributed by atoms with van der Waals surface area (Å²) in [6.45, 7) is 0. The van der Waals surface area contributed by atoms with E-state index in [9.17, 15) is 23.8 Å². The lowest BCUT2D eigenvalue weighted by Gasteiger charge is -2.19. The number of halogens is 3. The van der Waals surface area contributed by atoms with Crippen LogP contribution >= 0.6 is 22.6 Å². The van der Waals surface area contributed by atoms with Crippen LogP contribution in [0.15, 0.2) is 30.3 Å². The third-order valence-electron chi connectivity index (χ3n) is 4.26. The van der Waals surface area contributed by atoms with Crippen molar-refractivity contribution >= 4 is 39.9 Å². The SMILES string of the molecule is NC(=O)c1c(Nc2ccc(I)cc2F)cc(F)cc1O[C@@H]1C[C@@H](O)[C@@H](O)C1. The minimum atomic E-state index is -0.959. The Hall–Kier alpha value is -1.98. The molecule has 0 aliphatic heterocycles. The molecule has 6 nitrogen and oxygen atoms in total. The lowest BCUT2D eigenvalue weighted by Crippen LogP contribution is -2.20. The van der Waals surface area contributed by atoms with Gasteiger partial charge in [-0.3, -0.25) is 4.79 Å². The summed E-state index contributed by atoms with van der Waals surface area (Å²) in [5.74, 6) is -2.33. The summed E-state index contributed by atoms with van der Waals surface area (Å²) < 4.78 is 34.5. The second-order valence-corrected chi connectivity index (χ2v) is 7.53. The van der Waals surface area contributed by atoms with Crippen molar-refractivity contribution in [3.05, 3.63) is 51.1 Å². The Morgan fingerprint density at radius 3 is 2.41 bits per heavy atom. The fourth-order valence-electron chi connectivity index (χ4n) is 2.99. The van der Waals surface area contributed by atoms with E-state index < -0.39 is 35.9 Å². The van der Waals surface area contributed by atoms with Crippen molar-refractivity contribution in [2.24, 2.45) is 5.73 Å². The van der Waals surface area contributed by atoms with Crippen LogP contribution in [0, 0.1) is 15.2 Å². The Morgan fingerprint density at radius 2 is 1.81 bits per heavy atom. The average molecular weight is 490 g/mol. The number of aliphatic hydroxyl groups excluding tert-OH is 2. The first-order chi connectivity index (χ1) is 12.7. The van der Waals surface area contributed by atoms with Gasteiger partial charge in [0.15, 0.2) is 0 Å². The fourth-order valence-corrected chi connectivity index (χ4v) is 3.44. The lowest BCUT2D eigenvalue weighted by atomic mass is 10.1. The second-order valence-electron chi connectivity index (χ2n) is 6.29. The quantitative estimate of drug-likeness (QED) is 0.483. The fraction of sp³-hybridized carbons (Fsp3) is 0.278. The van der Waals surface area contributed by atoms with E-state index >= 15 is 0 Å². The number of nitrogens with two attached hydrogens (primary N) is 1. The summed E-state index contributed by atoms with van der Waals surface area (Å²) >= 11 is 1.95. The zero-order chi connectivity index (χ0) is 19.7. The number of primary amides is 1. The summed E-state index contributed by atoms with van der Waals surface area (Å²) in [5, 5.41) is 21.9. The number of rotatable bonds is 5. The normalized spacial score (nSPS) is 21.9. The van der Waals surface area contributed by atoms with Gasteiger partial charge in [-0.05, 0) is 46.9 Å². The van der Waals surface area contributed by atoms with Crippen molar-refractivity contribution in [3.8, 4) is 5.75 Å². The van der Waals surface area contributed by atoms with Gasteiger partial charge >= 0.3 is 0 Å². The molecule has 0 saturated heterocycles. The molecule has 144 valence electrons. The number of hydrogen-bond acceptors (Lipinski definition) is 5. The number of hydrogen-bond donors (Lipinski definition) is 4. The van der Waals surface area contributed by atoms with Crippen LogP contribution in [0.4, 0.5) is 20.2 Å². The summed E-state index contributed by atoms with van der Waals surface area (Å²) in [7, 11) is 0. The van der Waals surface area contributed by atoms with Crippen molar-refractivity contribution in [3.63, 3.8) is 0 Å². The highest BCUT2D eigenvalue weighted by atomic mass is 127. The zero-order valence-corrected chi connectivity index (χ0v) is 16.1. The van der Waals surface area contributed by atoms with Crippen molar-refractivity contribution in [2.75, 3.05) is 5.32 Å². The number of carbonyl (C=O) groups excluding carboxylic acids is 1. The Balaban J connectivity index is 1.96. The van der Waals surface area contributed by atoms with E-state index in [1.807, 2.05) is 22.6 Å². The molecule has 1 aliphatic rings. The first kappa shape index (κ1) is 19.8. The van der Waals surface area contributed by atoms with E-state index in [4.69, 9.17) is 10.5 Å². The van der Waals surface area contributed by atoms with Crippen LogP contribution in [0.25, 0.3) is 0 Å². The average Bonchev–Trinajstić information content (AvgIpc) is 2.87. The van der Waals surface area contributed by atoms with E-state index in [1.54, 1.807) is 6.07 Å². The van der Waals surface area contributed by atoms with Gasteiger partial charge < -0.3 is 26.0 Å². The van der Waals surface area contributed by atoms with Crippen molar-refractivity contribution < 1.29 is 28.5 Å². The van der Waals surface area contributed by atoms with E-state index in [2.05, 4.69) is 5.32 Å². The molecular formula is C18H17F2IN2O4. The maximum absolute atomic E-state index is 14.1. The second kappa shape index (κ2) is 7.95. The third-order valence-corrected chi connectivity index (χ3v) is 4.93. The molecule has 0 bridgehead atoms. The maximum atomic E-state index is 14.1. The summed E-state index contributed by atoms with van der Waals surface area (Å²) in [6, 6.07) is 6.39. The highest BCUT2D eigenvalue weighted by Crippen LogP contribution is 2.34. The van der Waals surface area contributed by atoms with Crippen LogP contribution < -0.4 is 15.8 Å². The molecule has 1 fully saturated rings. The number of benzene rings is 2. The summed E-state index contributed by atoms with van der Waals surface area (Å²) in [6.07, 6.45) is -2.27.